The van der Waals surface area contributed by atoms with Gasteiger partial charge in [-0.1, -0.05) is 24.3 Å². The summed E-state index contributed by atoms with van der Waals surface area (Å²) in [6, 6.07) is 8.10. The maximum absolute atomic E-state index is 12.4. The van der Waals surface area contributed by atoms with Gasteiger partial charge in [-0.15, -0.1) is 0 Å². The number of hydrogen-bond acceptors (Lipinski definition) is 3. The van der Waals surface area contributed by atoms with Crippen LogP contribution in [0.4, 0.5) is 4.79 Å². The SMILES string of the molecule is CC(C)(C)OC(=O)N1CC(=O)N2CCc3ccccc3C2C1. The third-order valence-corrected chi connectivity index (χ3v) is 4.10. The fraction of sp³-hybridized carbons (Fsp3) is 0.529. The number of carbonyl (C=O) groups excluding carboxylic acids is 2. The first kappa shape index (κ1) is 14.9. The second-order valence-corrected chi connectivity index (χ2v) is 6.91. The summed E-state index contributed by atoms with van der Waals surface area (Å²) in [5.41, 5.74) is 1.86. The molecule has 1 unspecified atom stereocenters. The molecule has 2 amide bonds. The van der Waals surface area contributed by atoms with E-state index in [0.717, 1.165) is 18.5 Å². The number of ether oxygens (including phenoxy) is 1. The fourth-order valence-electron chi connectivity index (χ4n) is 3.14. The molecule has 1 aromatic rings. The lowest BCUT2D eigenvalue weighted by Crippen LogP contribution is -2.56. The molecule has 0 aliphatic carbocycles. The second-order valence-electron chi connectivity index (χ2n) is 6.91. The van der Waals surface area contributed by atoms with Crippen molar-refractivity contribution in [3.63, 3.8) is 0 Å². The van der Waals surface area contributed by atoms with Crippen molar-refractivity contribution in [3.8, 4) is 0 Å². The summed E-state index contributed by atoms with van der Waals surface area (Å²) in [5, 5.41) is 0. The molecule has 2 aliphatic rings. The Morgan fingerprint density at radius 3 is 2.73 bits per heavy atom. The van der Waals surface area contributed by atoms with Gasteiger partial charge in [0, 0.05) is 13.1 Å². The van der Waals surface area contributed by atoms with Crippen molar-refractivity contribution in [3.05, 3.63) is 35.4 Å². The summed E-state index contributed by atoms with van der Waals surface area (Å²) in [6.45, 7) is 6.82. The Labute approximate surface area is 130 Å². The summed E-state index contributed by atoms with van der Waals surface area (Å²) in [6.07, 6.45) is 0.466. The smallest absolute Gasteiger partial charge is 0.410 e. The number of fused-ring (bicyclic) bond motifs is 3. The van der Waals surface area contributed by atoms with Crippen LogP contribution < -0.4 is 0 Å². The van der Waals surface area contributed by atoms with Gasteiger partial charge in [-0.05, 0) is 38.3 Å². The molecule has 1 saturated heterocycles. The van der Waals surface area contributed by atoms with E-state index in [-0.39, 0.29) is 18.5 Å². The van der Waals surface area contributed by atoms with E-state index in [1.54, 1.807) is 0 Å². The second kappa shape index (κ2) is 5.30. The first-order valence-electron chi connectivity index (χ1n) is 7.70. The van der Waals surface area contributed by atoms with Crippen LogP contribution in [-0.4, -0.2) is 47.0 Å². The Balaban J connectivity index is 1.83. The van der Waals surface area contributed by atoms with Crippen LogP contribution in [0.3, 0.4) is 0 Å². The van der Waals surface area contributed by atoms with Crippen molar-refractivity contribution in [2.24, 2.45) is 0 Å². The van der Waals surface area contributed by atoms with Gasteiger partial charge in [0.2, 0.25) is 5.91 Å². The van der Waals surface area contributed by atoms with E-state index in [2.05, 4.69) is 12.1 Å². The third kappa shape index (κ3) is 2.80. The number of hydrogen-bond donors (Lipinski definition) is 0. The minimum Gasteiger partial charge on any atom is -0.444 e. The van der Waals surface area contributed by atoms with Crippen molar-refractivity contribution < 1.29 is 14.3 Å². The number of benzene rings is 1. The number of rotatable bonds is 0. The molecular formula is C17H22N2O3. The Bertz CT molecular complexity index is 606. The molecule has 3 rings (SSSR count). The maximum Gasteiger partial charge on any atom is 0.410 e. The Morgan fingerprint density at radius 1 is 1.27 bits per heavy atom. The lowest BCUT2D eigenvalue weighted by Gasteiger charge is -2.44. The van der Waals surface area contributed by atoms with Crippen LogP contribution in [0.5, 0.6) is 0 Å². The predicted octanol–water partition coefficient (Wildman–Crippen LogP) is 2.36. The zero-order chi connectivity index (χ0) is 15.9. The van der Waals surface area contributed by atoms with Crippen LogP contribution in [0.1, 0.15) is 37.9 Å². The van der Waals surface area contributed by atoms with Crippen LogP contribution in [0, 0.1) is 0 Å². The predicted molar refractivity (Wildman–Crippen MR) is 82.4 cm³/mol. The molecule has 0 saturated carbocycles. The maximum atomic E-state index is 12.4. The number of piperazine rings is 1. The highest BCUT2D eigenvalue weighted by atomic mass is 16.6. The van der Waals surface area contributed by atoms with Gasteiger partial charge in [-0.25, -0.2) is 4.79 Å². The van der Waals surface area contributed by atoms with Gasteiger partial charge in [-0.3, -0.25) is 9.69 Å². The standard InChI is InChI=1S/C17H22N2O3/c1-17(2,3)22-16(21)18-10-14-13-7-5-4-6-12(13)8-9-19(14)15(20)11-18/h4-7,14H,8-11H2,1-3H3. The monoisotopic (exact) mass is 302 g/mol. The van der Waals surface area contributed by atoms with E-state index < -0.39 is 11.7 Å². The zero-order valence-corrected chi connectivity index (χ0v) is 13.3. The van der Waals surface area contributed by atoms with Crippen LogP contribution in [0.2, 0.25) is 0 Å². The number of carbonyl (C=O) groups is 2. The zero-order valence-electron chi connectivity index (χ0n) is 13.3. The topological polar surface area (TPSA) is 49.9 Å². The average Bonchev–Trinajstić information content (AvgIpc) is 2.45. The van der Waals surface area contributed by atoms with Gasteiger partial charge in [0.05, 0.1) is 6.04 Å². The van der Waals surface area contributed by atoms with E-state index in [1.165, 1.54) is 10.5 Å². The lowest BCUT2D eigenvalue weighted by molar-refractivity contribution is -0.140. The molecule has 2 aliphatic heterocycles. The third-order valence-electron chi connectivity index (χ3n) is 4.10. The average molecular weight is 302 g/mol. The van der Waals surface area contributed by atoms with E-state index in [4.69, 9.17) is 4.74 Å². The van der Waals surface area contributed by atoms with E-state index in [1.807, 2.05) is 37.8 Å². The summed E-state index contributed by atoms with van der Waals surface area (Å²) in [7, 11) is 0. The first-order valence-corrected chi connectivity index (χ1v) is 7.70. The van der Waals surface area contributed by atoms with Crippen LogP contribution >= 0.6 is 0 Å². The highest BCUT2D eigenvalue weighted by Crippen LogP contribution is 2.33. The van der Waals surface area contributed by atoms with E-state index in [9.17, 15) is 9.59 Å². The molecule has 2 heterocycles. The quantitative estimate of drug-likeness (QED) is 0.739. The molecule has 0 aromatic heterocycles. The minimum atomic E-state index is -0.554. The van der Waals surface area contributed by atoms with Gasteiger partial charge in [-0.2, -0.15) is 0 Å². The summed E-state index contributed by atoms with van der Waals surface area (Å²) in [5.74, 6) is -0.00314. The molecule has 1 fully saturated rings. The Hall–Kier alpha value is -2.04. The van der Waals surface area contributed by atoms with Crippen molar-refractivity contribution in [2.45, 2.75) is 38.8 Å². The molecule has 0 radical (unpaired) electrons. The molecule has 118 valence electrons. The van der Waals surface area contributed by atoms with E-state index >= 15 is 0 Å². The van der Waals surface area contributed by atoms with Gasteiger partial charge in [0.1, 0.15) is 12.1 Å². The molecule has 1 aromatic carbocycles. The number of nitrogens with zero attached hydrogens (tertiary/aromatic N) is 2. The van der Waals surface area contributed by atoms with Gasteiger partial charge in [0.25, 0.3) is 0 Å². The highest BCUT2D eigenvalue weighted by Gasteiger charge is 2.39. The van der Waals surface area contributed by atoms with Crippen molar-refractivity contribution in [1.29, 1.82) is 0 Å². The van der Waals surface area contributed by atoms with Gasteiger partial charge in [0.15, 0.2) is 0 Å². The largest absolute Gasteiger partial charge is 0.444 e. The van der Waals surface area contributed by atoms with Crippen molar-refractivity contribution >= 4 is 12.0 Å². The van der Waals surface area contributed by atoms with Crippen molar-refractivity contribution in [2.75, 3.05) is 19.6 Å². The molecule has 0 N–H and O–H groups in total. The van der Waals surface area contributed by atoms with Crippen LogP contribution in [0.25, 0.3) is 0 Å². The van der Waals surface area contributed by atoms with E-state index in [0.29, 0.717) is 6.54 Å². The molecule has 0 bridgehead atoms. The summed E-state index contributed by atoms with van der Waals surface area (Å²) < 4.78 is 5.41. The molecule has 5 heteroatoms. The summed E-state index contributed by atoms with van der Waals surface area (Å²) >= 11 is 0. The lowest BCUT2D eigenvalue weighted by atomic mass is 9.91. The van der Waals surface area contributed by atoms with Gasteiger partial charge >= 0.3 is 6.09 Å². The first-order chi connectivity index (χ1) is 10.3. The molecule has 1 atom stereocenters. The highest BCUT2D eigenvalue weighted by molar-refractivity contribution is 5.84. The molecule has 0 spiro atoms. The van der Waals surface area contributed by atoms with Crippen LogP contribution in [0.15, 0.2) is 24.3 Å². The minimum absolute atomic E-state index is 0.00314. The fourth-order valence-corrected chi connectivity index (χ4v) is 3.14. The summed E-state index contributed by atoms with van der Waals surface area (Å²) in [4.78, 5) is 28.1. The molecule has 5 nitrogen and oxygen atoms in total. The van der Waals surface area contributed by atoms with Gasteiger partial charge < -0.3 is 9.64 Å². The normalized spacial score (nSPS) is 21.2. The van der Waals surface area contributed by atoms with Crippen molar-refractivity contribution in [1.82, 2.24) is 9.80 Å². The Morgan fingerprint density at radius 2 is 2.00 bits per heavy atom. The number of amides is 2. The molecule has 22 heavy (non-hydrogen) atoms. The Kier molecular flexibility index (Phi) is 3.59. The van der Waals surface area contributed by atoms with Crippen LogP contribution in [-0.2, 0) is 16.0 Å². The molecular weight excluding hydrogens is 280 g/mol.